The number of benzene rings is 2. The number of fused-ring (bicyclic) bond motifs is 2. The van der Waals surface area contributed by atoms with Gasteiger partial charge >= 0.3 is 0 Å². The number of aryl methyl sites for hydroxylation is 2. The van der Waals surface area contributed by atoms with Crippen LogP contribution in [0.3, 0.4) is 0 Å². The molecule has 0 aliphatic carbocycles. The van der Waals surface area contributed by atoms with Gasteiger partial charge in [0.2, 0.25) is 0 Å². The quantitative estimate of drug-likeness (QED) is 0.447. The normalized spacial score (nSPS) is 18.4. The number of halogens is 2. The van der Waals surface area contributed by atoms with Crippen LogP contribution in [0.5, 0.6) is 5.75 Å². The number of nitrogens with zero attached hydrogens (tertiary/aromatic N) is 4. The SMILES string of the molecule is CCc1c(F)ccc2cc(O)cc(-c3ncc4c(N5CCC(C)(CO)C5)nc(C)nc4c3F)c12. The highest BCUT2D eigenvalue weighted by Gasteiger charge is 2.35. The van der Waals surface area contributed by atoms with Crippen LogP contribution in [0.2, 0.25) is 0 Å². The minimum Gasteiger partial charge on any atom is -0.508 e. The molecular weight excluding hydrogens is 438 g/mol. The van der Waals surface area contributed by atoms with E-state index in [9.17, 15) is 14.6 Å². The Balaban J connectivity index is 1.75. The summed E-state index contributed by atoms with van der Waals surface area (Å²) in [5.41, 5.74) is 0.625. The molecule has 3 heterocycles. The Labute approximate surface area is 195 Å². The first-order chi connectivity index (χ1) is 16.2. The van der Waals surface area contributed by atoms with E-state index in [2.05, 4.69) is 15.0 Å². The third-order valence-corrected chi connectivity index (χ3v) is 6.78. The molecule has 0 radical (unpaired) electrons. The van der Waals surface area contributed by atoms with Gasteiger partial charge in [-0.15, -0.1) is 0 Å². The average Bonchev–Trinajstić information content (AvgIpc) is 3.21. The van der Waals surface area contributed by atoms with Gasteiger partial charge in [-0.25, -0.2) is 18.7 Å². The molecule has 2 N–H and O–H groups in total. The maximum absolute atomic E-state index is 16.0. The highest BCUT2D eigenvalue weighted by atomic mass is 19.1. The summed E-state index contributed by atoms with van der Waals surface area (Å²) in [4.78, 5) is 15.4. The van der Waals surface area contributed by atoms with Crippen LogP contribution in [0.15, 0.2) is 30.5 Å². The second-order valence-electron chi connectivity index (χ2n) is 9.39. The predicted molar refractivity (Wildman–Crippen MR) is 128 cm³/mol. The number of hydrogen-bond donors (Lipinski definition) is 2. The van der Waals surface area contributed by atoms with Crippen LogP contribution in [-0.2, 0) is 6.42 Å². The van der Waals surface area contributed by atoms with Crippen molar-refractivity contribution < 1.29 is 19.0 Å². The Morgan fingerprint density at radius 1 is 1.18 bits per heavy atom. The van der Waals surface area contributed by atoms with Gasteiger partial charge in [0.05, 0.1) is 12.0 Å². The van der Waals surface area contributed by atoms with Crippen molar-refractivity contribution in [1.82, 2.24) is 15.0 Å². The Morgan fingerprint density at radius 2 is 1.97 bits per heavy atom. The fraction of sp³-hybridized carbons (Fsp3) is 0.346. The van der Waals surface area contributed by atoms with E-state index in [1.165, 1.54) is 24.4 Å². The van der Waals surface area contributed by atoms with Gasteiger partial charge in [0.1, 0.15) is 34.4 Å². The molecular formula is C26H26F2N4O2. The van der Waals surface area contributed by atoms with Crippen molar-refractivity contribution in [2.45, 2.75) is 33.6 Å². The zero-order valence-corrected chi connectivity index (χ0v) is 19.4. The van der Waals surface area contributed by atoms with Gasteiger partial charge < -0.3 is 15.1 Å². The number of aromatic nitrogens is 3. The van der Waals surface area contributed by atoms with E-state index in [0.717, 1.165) is 6.42 Å². The summed E-state index contributed by atoms with van der Waals surface area (Å²) >= 11 is 0. The molecule has 0 amide bonds. The minimum absolute atomic E-state index is 0.000585. The largest absolute Gasteiger partial charge is 0.508 e. The van der Waals surface area contributed by atoms with Gasteiger partial charge in [0.15, 0.2) is 5.82 Å². The molecule has 34 heavy (non-hydrogen) atoms. The van der Waals surface area contributed by atoms with Crippen molar-refractivity contribution in [3.05, 3.63) is 53.5 Å². The van der Waals surface area contributed by atoms with E-state index in [4.69, 9.17) is 0 Å². The lowest BCUT2D eigenvalue weighted by Gasteiger charge is -2.23. The first-order valence-corrected chi connectivity index (χ1v) is 11.4. The molecule has 1 atom stereocenters. The standard InChI is InChI=1S/C26H26F2N4O2/c1-4-17-20(27)6-5-15-9-16(34)10-18(21(15)17)23-22(28)24-19(11-29-23)25(31-14(2)30-24)32-8-7-26(3,12-32)13-33/h5-6,9-11,33-34H,4,7-8,12-13H2,1-3H3. The van der Waals surface area contributed by atoms with E-state index < -0.39 is 5.82 Å². The Hall–Kier alpha value is -3.39. The maximum Gasteiger partial charge on any atom is 0.175 e. The van der Waals surface area contributed by atoms with Crippen molar-refractivity contribution >= 4 is 27.5 Å². The van der Waals surface area contributed by atoms with Gasteiger partial charge in [0, 0.05) is 30.3 Å². The van der Waals surface area contributed by atoms with Gasteiger partial charge in [-0.2, -0.15) is 0 Å². The first kappa shape index (κ1) is 22.4. The zero-order chi connectivity index (χ0) is 24.2. The molecule has 8 heteroatoms. The van der Waals surface area contributed by atoms with Gasteiger partial charge in [-0.1, -0.05) is 19.9 Å². The Kier molecular flexibility index (Phi) is 5.36. The number of phenolic OH excluding ortho intramolecular Hbond substituents is 1. The smallest absolute Gasteiger partial charge is 0.175 e. The third kappa shape index (κ3) is 3.53. The molecule has 4 aromatic rings. The fourth-order valence-electron chi connectivity index (χ4n) is 4.95. The molecule has 1 unspecified atom stereocenters. The van der Waals surface area contributed by atoms with Crippen LogP contribution in [0.25, 0.3) is 32.9 Å². The zero-order valence-electron chi connectivity index (χ0n) is 19.4. The number of aromatic hydroxyl groups is 1. The van der Waals surface area contributed by atoms with Crippen LogP contribution >= 0.6 is 0 Å². The van der Waals surface area contributed by atoms with Crippen molar-refractivity contribution in [3.8, 4) is 17.0 Å². The summed E-state index contributed by atoms with van der Waals surface area (Å²) in [6.07, 6.45) is 2.74. The number of phenols is 1. The molecule has 1 fully saturated rings. The summed E-state index contributed by atoms with van der Waals surface area (Å²) < 4.78 is 30.6. The van der Waals surface area contributed by atoms with Crippen LogP contribution < -0.4 is 4.90 Å². The number of aliphatic hydroxyl groups excluding tert-OH is 1. The number of hydrogen-bond acceptors (Lipinski definition) is 6. The molecule has 0 spiro atoms. The highest BCUT2D eigenvalue weighted by Crippen LogP contribution is 2.40. The lowest BCUT2D eigenvalue weighted by Crippen LogP contribution is -2.28. The highest BCUT2D eigenvalue weighted by molar-refractivity contribution is 6.01. The molecule has 1 aliphatic rings. The molecule has 0 bridgehead atoms. The lowest BCUT2D eigenvalue weighted by atomic mass is 9.91. The second kappa shape index (κ2) is 8.13. The molecule has 0 saturated carbocycles. The Morgan fingerprint density at radius 3 is 2.68 bits per heavy atom. The van der Waals surface area contributed by atoms with E-state index in [1.54, 1.807) is 13.0 Å². The van der Waals surface area contributed by atoms with Crippen LogP contribution in [0, 0.1) is 24.0 Å². The average molecular weight is 465 g/mol. The van der Waals surface area contributed by atoms with Crippen molar-refractivity contribution in [3.63, 3.8) is 0 Å². The molecule has 1 saturated heterocycles. The van der Waals surface area contributed by atoms with Gasteiger partial charge in [-0.3, -0.25) is 4.98 Å². The number of pyridine rings is 1. The summed E-state index contributed by atoms with van der Waals surface area (Å²) in [6.45, 7) is 6.88. The molecule has 2 aromatic heterocycles. The topological polar surface area (TPSA) is 82.4 Å². The van der Waals surface area contributed by atoms with E-state index in [0.29, 0.717) is 58.4 Å². The van der Waals surface area contributed by atoms with E-state index in [1.807, 2.05) is 18.7 Å². The third-order valence-electron chi connectivity index (χ3n) is 6.78. The monoisotopic (exact) mass is 464 g/mol. The molecule has 6 nitrogen and oxygen atoms in total. The fourth-order valence-corrected chi connectivity index (χ4v) is 4.95. The predicted octanol–water partition coefficient (Wildman–Crippen LogP) is 4.91. The molecule has 1 aliphatic heterocycles. The van der Waals surface area contributed by atoms with E-state index in [-0.39, 0.29) is 34.8 Å². The minimum atomic E-state index is -0.647. The summed E-state index contributed by atoms with van der Waals surface area (Å²) in [7, 11) is 0. The number of anilines is 1. The van der Waals surface area contributed by atoms with Gasteiger partial charge in [-0.05, 0) is 54.3 Å². The number of rotatable bonds is 4. The van der Waals surface area contributed by atoms with Gasteiger partial charge in [0.25, 0.3) is 0 Å². The maximum atomic E-state index is 16.0. The second-order valence-corrected chi connectivity index (χ2v) is 9.39. The molecule has 176 valence electrons. The first-order valence-electron chi connectivity index (χ1n) is 11.4. The molecule has 2 aromatic carbocycles. The summed E-state index contributed by atoms with van der Waals surface area (Å²) in [6, 6.07) is 5.88. The Bertz CT molecular complexity index is 1440. The lowest BCUT2D eigenvalue weighted by molar-refractivity contribution is 0.162. The van der Waals surface area contributed by atoms with Crippen molar-refractivity contribution in [2.24, 2.45) is 5.41 Å². The van der Waals surface area contributed by atoms with Crippen LogP contribution in [0.4, 0.5) is 14.6 Å². The van der Waals surface area contributed by atoms with Crippen molar-refractivity contribution in [2.75, 3.05) is 24.6 Å². The molecule has 5 rings (SSSR count). The van der Waals surface area contributed by atoms with E-state index >= 15 is 4.39 Å². The number of aliphatic hydroxyl groups is 1. The van der Waals surface area contributed by atoms with Crippen LogP contribution in [-0.4, -0.2) is 44.9 Å². The van der Waals surface area contributed by atoms with Crippen molar-refractivity contribution in [1.29, 1.82) is 0 Å². The van der Waals surface area contributed by atoms with Crippen LogP contribution in [0.1, 0.15) is 31.7 Å². The summed E-state index contributed by atoms with van der Waals surface area (Å²) in [5, 5.41) is 21.7. The summed E-state index contributed by atoms with van der Waals surface area (Å²) in [5.74, 6) is -0.0931.